The van der Waals surface area contributed by atoms with Gasteiger partial charge in [0.25, 0.3) is 0 Å². The molecule has 4 saturated heterocycles. The molecular formula is C18H22F2N2O2. The number of hydrogen-bond acceptors (Lipinski definition) is 3. The standard InChI is InChI=1S/C18H22F2N2O2/c1-2-24-18(23)22-10-13(12-4-3-5-14(19)15(12)20)17-16(22)11-6-8-21(17)9-7-11/h3-5,11,13,16-17H,2,6-10H2,1H3/t13-,16+,17+/m0/s1. The number of nitrogens with zero attached hydrogens (tertiary/aromatic N) is 2. The Morgan fingerprint density at radius 3 is 2.71 bits per heavy atom. The van der Waals surface area contributed by atoms with E-state index in [1.54, 1.807) is 24.0 Å². The smallest absolute Gasteiger partial charge is 0.410 e. The second kappa shape index (κ2) is 5.99. The summed E-state index contributed by atoms with van der Waals surface area (Å²) in [5, 5.41) is 0. The molecule has 24 heavy (non-hydrogen) atoms. The lowest BCUT2D eigenvalue weighted by molar-refractivity contribution is -0.00704. The number of rotatable bonds is 2. The molecule has 4 nitrogen and oxygen atoms in total. The number of fused-ring (bicyclic) bond motifs is 2. The van der Waals surface area contributed by atoms with Gasteiger partial charge in [-0.1, -0.05) is 12.1 Å². The maximum Gasteiger partial charge on any atom is 0.410 e. The van der Waals surface area contributed by atoms with E-state index >= 15 is 0 Å². The van der Waals surface area contributed by atoms with Crippen LogP contribution in [0.4, 0.5) is 13.6 Å². The Labute approximate surface area is 140 Å². The fourth-order valence-corrected chi connectivity index (χ4v) is 4.92. The van der Waals surface area contributed by atoms with Crippen LogP contribution in [0.2, 0.25) is 0 Å². The number of piperidine rings is 3. The van der Waals surface area contributed by atoms with Crippen molar-refractivity contribution in [1.29, 1.82) is 0 Å². The van der Waals surface area contributed by atoms with Crippen molar-refractivity contribution >= 4 is 6.09 Å². The van der Waals surface area contributed by atoms with Crippen molar-refractivity contribution < 1.29 is 18.3 Å². The van der Waals surface area contributed by atoms with Gasteiger partial charge < -0.3 is 9.64 Å². The Hall–Kier alpha value is -1.69. The lowest BCUT2D eigenvalue weighted by Gasteiger charge is -2.50. The topological polar surface area (TPSA) is 32.8 Å². The summed E-state index contributed by atoms with van der Waals surface area (Å²) >= 11 is 0. The van der Waals surface area contributed by atoms with Crippen LogP contribution >= 0.6 is 0 Å². The molecule has 0 radical (unpaired) electrons. The molecule has 0 aromatic heterocycles. The Balaban J connectivity index is 1.72. The Morgan fingerprint density at radius 1 is 1.25 bits per heavy atom. The molecule has 0 spiro atoms. The van der Waals surface area contributed by atoms with Gasteiger partial charge in [-0.3, -0.25) is 4.90 Å². The van der Waals surface area contributed by atoms with Crippen molar-refractivity contribution in [2.75, 3.05) is 26.2 Å². The first-order chi connectivity index (χ1) is 11.6. The predicted octanol–water partition coefficient (Wildman–Crippen LogP) is 2.98. The SMILES string of the molecule is CCOC(=O)N1C[C@@H](c2cccc(F)c2F)[C@@H]2[C@H]1C1CCN2CC1. The molecule has 4 aliphatic rings. The van der Waals surface area contributed by atoms with Crippen LogP contribution in [0.5, 0.6) is 0 Å². The van der Waals surface area contributed by atoms with Crippen molar-refractivity contribution in [3.05, 3.63) is 35.4 Å². The molecule has 6 heteroatoms. The summed E-state index contributed by atoms with van der Waals surface area (Å²) in [5.41, 5.74) is 0.379. The summed E-state index contributed by atoms with van der Waals surface area (Å²) in [4.78, 5) is 16.5. The Bertz CT molecular complexity index is 646. The lowest BCUT2D eigenvalue weighted by atomic mass is 9.75. The highest BCUT2D eigenvalue weighted by Crippen LogP contribution is 2.47. The largest absolute Gasteiger partial charge is 0.450 e. The van der Waals surface area contributed by atoms with E-state index in [0.717, 1.165) is 32.0 Å². The molecule has 130 valence electrons. The van der Waals surface area contributed by atoms with Crippen LogP contribution < -0.4 is 0 Å². The van der Waals surface area contributed by atoms with Crippen molar-refractivity contribution in [2.24, 2.45) is 5.92 Å². The van der Waals surface area contributed by atoms with Gasteiger partial charge in [0.2, 0.25) is 0 Å². The third-order valence-electron chi connectivity index (χ3n) is 5.88. The van der Waals surface area contributed by atoms with Crippen LogP contribution in [-0.2, 0) is 4.74 Å². The number of likely N-dealkylation sites (tertiary alicyclic amines) is 1. The van der Waals surface area contributed by atoms with Crippen molar-refractivity contribution in [2.45, 2.75) is 37.8 Å². The number of carbonyl (C=O) groups is 1. The molecule has 1 aromatic carbocycles. The van der Waals surface area contributed by atoms with Crippen LogP contribution in [0.15, 0.2) is 18.2 Å². The van der Waals surface area contributed by atoms with Crippen LogP contribution in [0.3, 0.4) is 0 Å². The van der Waals surface area contributed by atoms with E-state index in [2.05, 4.69) is 4.90 Å². The highest BCUT2D eigenvalue weighted by Gasteiger charge is 2.55. The van der Waals surface area contributed by atoms with Crippen LogP contribution in [-0.4, -0.2) is 54.2 Å². The van der Waals surface area contributed by atoms with Crippen LogP contribution in [0, 0.1) is 17.6 Å². The molecule has 2 bridgehead atoms. The van der Waals surface area contributed by atoms with Crippen molar-refractivity contribution in [3.63, 3.8) is 0 Å². The average molecular weight is 336 g/mol. The number of halogens is 2. The molecule has 4 fully saturated rings. The van der Waals surface area contributed by atoms with Crippen molar-refractivity contribution in [3.8, 4) is 0 Å². The highest BCUT2D eigenvalue weighted by atomic mass is 19.2. The van der Waals surface area contributed by atoms with E-state index in [1.807, 2.05) is 0 Å². The van der Waals surface area contributed by atoms with E-state index in [0.29, 0.717) is 24.6 Å². The molecule has 0 aliphatic carbocycles. The van der Waals surface area contributed by atoms with Crippen molar-refractivity contribution in [1.82, 2.24) is 9.80 Å². The number of ether oxygens (including phenoxy) is 1. The quantitative estimate of drug-likeness (QED) is 0.832. The molecule has 4 aliphatic heterocycles. The lowest BCUT2D eigenvalue weighted by Crippen LogP contribution is -2.60. The van der Waals surface area contributed by atoms with E-state index in [-0.39, 0.29) is 24.1 Å². The average Bonchev–Trinajstić information content (AvgIpc) is 3.01. The number of amides is 1. The minimum Gasteiger partial charge on any atom is -0.450 e. The minimum atomic E-state index is -0.824. The second-order valence-electron chi connectivity index (χ2n) is 6.96. The summed E-state index contributed by atoms with van der Waals surface area (Å²) in [6.45, 7) is 4.43. The van der Waals surface area contributed by atoms with Gasteiger partial charge in [0, 0.05) is 18.5 Å². The van der Waals surface area contributed by atoms with E-state index in [4.69, 9.17) is 4.74 Å². The van der Waals surface area contributed by atoms with Crippen LogP contribution in [0.25, 0.3) is 0 Å². The number of hydrogen-bond donors (Lipinski definition) is 0. The third-order valence-corrected chi connectivity index (χ3v) is 5.88. The molecule has 1 amide bonds. The molecule has 5 rings (SSSR count). The van der Waals surface area contributed by atoms with Gasteiger partial charge >= 0.3 is 6.09 Å². The minimum absolute atomic E-state index is 0.0409. The van der Waals surface area contributed by atoms with Gasteiger partial charge in [-0.15, -0.1) is 0 Å². The zero-order valence-electron chi connectivity index (χ0n) is 13.8. The number of benzene rings is 1. The molecule has 1 aromatic rings. The molecule has 4 heterocycles. The maximum absolute atomic E-state index is 14.4. The fraction of sp³-hybridized carbons (Fsp3) is 0.611. The van der Waals surface area contributed by atoms with Gasteiger partial charge in [0.15, 0.2) is 11.6 Å². The van der Waals surface area contributed by atoms with E-state index in [9.17, 15) is 13.6 Å². The van der Waals surface area contributed by atoms with E-state index in [1.165, 1.54) is 0 Å². The van der Waals surface area contributed by atoms with Crippen LogP contribution in [0.1, 0.15) is 31.2 Å². The first kappa shape index (κ1) is 15.8. The Morgan fingerprint density at radius 2 is 2.00 bits per heavy atom. The molecule has 0 saturated carbocycles. The summed E-state index contributed by atoms with van der Waals surface area (Å²) < 4.78 is 33.4. The predicted molar refractivity (Wildman–Crippen MR) is 84.7 cm³/mol. The normalized spacial score (nSPS) is 34.3. The second-order valence-corrected chi connectivity index (χ2v) is 6.96. The van der Waals surface area contributed by atoms with Gasteiger partial charge in [-0.25, -0.2) is 13.6 Å². The monoisotopic (exact) mass is 336 g/mol. The summed E-state index contributed by atoms with van der Waals surface area (Å²) in [6, 6.07) is 4.43. The molecule has 0 unspecified atom stereocenters. The summed E-state index contributed by atoms with van der Waals surface area (Å²) in [5.74, 6) is -1.39. The van der Waals surface area contributed by atoms with Gasteiger partial charge in [0.05, 0.1) is 12.6 Å². The summed E-state index contributed by atoms with van der Waals surface area (Å²) in [6.07, 6.45) is 1.77. The zero-order chi connectivity index (χ0) is 16.8. The summed E-state index contributed by atoms with van der Waals surface area (Å²) in [7, 11) is 0. The molecule has 0 N–H and O–H groups in total. The fourth-order valence-electron chi connectivity index (χ4n) is 4.92. The number of carbonyl (C=O) groups excluding carboxylic acids is 1. The maximum atomic E-state index is 14.4. The zero-order valence-corrected chi connectivity index (χ0v) is 13.8. The molecular weight excluding hydrogens is 314 g/mol. The Kier molecular flexibility index (Phi) is 3.95. The van der Waals surface area contributed by atoms with Gasteiger partial charge in [-0.2, -0.15) is 0 Å². The van der Waals surface area contributed by atoms with E-state index < -0.39 is 11.6 Å². The first-order valence-corrected chi connectivity index (χ1v) is 8.73. The molecule has 3 atom stereocenters. The van der Waals surface area contributed by atoms with Gasteiger partial charge in [-0.05, 0) is 50.4 Å². The highest BCUT2D eigenvalue weighted by molar-refractivity contribution is 5.69. The first-order valence-electron chi connectivity index (χ1n) is 8.73. The third kappa shape index (κ3) is 2.31. The van der Waals surface area contributed by atoms with Gasteiger partial charge in [0.1, 0.15) is 0 Å².